The van der Waals surface area contributed by atoms with Crippen molar-refractivity contribution in [2.45, 2.75) is 38.5 Å². The summed E-state index contributed by atoms with van der Waals surface area (Å²) >= 11 is 5.78. The van der Waals surface area contributed by atoms with Gasteiger partial charge in [-0.25, -0.2) is 0 Å². The molecule has 0 radical (unpaired) electrons. The number of halogens is 1. The van der Waals surface area contributed by atoms with Crippen molar-refractivity contribution in [3.63, 3.8) is 0 Å². The molecule has 1 aromatic heterocycles. The zero-order valence-electron chi connectivity index (χ0n) is 14.8. The minimum atomic E-state index is -0.648. The smallest absolute Gasteiger partial charge is 0.261 e. The molecule has 1 unspecified atom stereocenters. The van der Waals surface area contributed by atoms with Gasteiger partial charge in [-0.1, -0.05) is 41.9 Å². The van der Waals surface area contributed by atoms with Crippen LogP contribution in [0.4, 0.5) is 0 Å². The van der Waals surface area contributed by atoms with Gasteiger partial charge in [-0.2, -0.15) is 4.98 Å². The highest BCUT2D eigenvalue weighted by Crippen LogP contribution is 2.15. The summed E-state index contributed by atoms with van der Waals surface area (Å²) in [4.78, 5) is 22.6. The number of carbonyl (C=O) groups is 1. The Morgan fingerprint density at radius 3 is 2.73 bits per heavy atom. The molecule has 1 aromatic carbocycles. The van der Waals surface area contributed by atoms with E-state index in [-0.39, 0.29) is 23.0 Å². The lowest BCUT2D eigenvalue weighted by Gasteiger charge is -2.32. The highest BCUT2D eigenvalue weighted by molar-refractivity contribution is 6.29. The van der Waals surface area contributed by atoms with Gasteiger partial charge in [0.1, 0.15) is 0 Å². The molecule has 2 aromatic rings. The summed E-state index contributed by atoms with van der Waals surface area (Å²) in [6, 6.07) is 10.6. The minimum Gasteiger partial charge on any atom is -0.463 e. The Morgan fingerprint density at radius 2 is 2.04 bits per heavy atom. The van der Waals surface area contributed by atoms with E-state index in [0.29, 0.717) is 0 Å². The van der Waals surface area contributed by atoms with E-state index in [1.807, 2.05) is 6.07 Å². The molecule has 1 fully saturated rings. The number of hydrogen-bond acceptors (Lipinski definition) is 5. The van der Waals surface area contributed by atoms with Crippen LogP contribution in [0.2, 0.25) is 5.15 Å². The molecule has 3 rings (SSSR count). The maximum atomic E-state index is 12.3. The fraction of sp³-hybridized carbons (Fsp3) is 0.421. The van der Waals surface area contributed by atoms with Crippen LogP contribution >= 0.6 is 11.6 Å². The second-order valence-electron chi connectivity index (χ2n) is 6.48. The standard InChI is InChI=1S/C19H23ClN4O2/c1-14(26-18-12-21-11-17(20)23-18)19(25)22-16-7-9-24(10-8-16)13-15-5-3-2-4-6-15/h2-6,11-12,14,16H,7-10,13H2,1H3,(H,22,25). The van der Waals surface area contributed by atoms with E-state index in [9.17, 15) is 4.79 Å². The first-order valence-corrected chi connectivity index (χ1v) is 9.19. The zero-order valence-corrected chi connectivity index (χ0v) is 15.5. The summed E-state index contributed by atoms with van der Waals surface area (Å²) in [7, 11) is 0. The van der Waals surface area contributed by atoms with Crippen LogP contribution in [0.1, 0.15) is 25.3 Å². The molecule has 1 aliphatic heterocycles. The van der Waals surface area contributed by atoms with E-state index in [1.165, 1.54) is 18.0 Å². The number of piperidine rings is 1. The van der Waals surface area contributed by atoms with Gasteiger partial charge in [-0.3, -0.25) is 14.7 Å². The molecule has 1 atom stereocenters. The Balaban J connectivity index is 1.42. The lowest BCUT2D eigenvalue weighted by molar-refractivity contribution is -0.128. The summed E-state index contributed by atoms with van der Waals surface area (Å²) in [5.74, 6) is 0.103. The summed E-state index contributed by atoms with van der Waals surface area (Å²) in [5, 5.41) is 3.30. The number of benzene rings is 1. The zero-order chi connectivity index (χ0) is 18.4. The van der Waals surface area contributed by atoms with Gasteiger partial charge in [0.2, 0.25) is 5.88 Å². The number of aromatic nitrogens is 2. The average Bonchev–Trinajstić information content (AvgIpc) is 2.64. The Kier molecular flexibility index (Phi) is 6.41. The van der Waals surface area contributed by atoms with Crippen molar-refractivity contribution >= 4 is 17.5 Å². The van der Waals surface area contributed by atoms with Crippen molar-refractivity contribution in [3.05, 3.63) is 53.4 Å². The molecule has 1 aliphatic rings. The van der Waals surface area contributed by atoms with Crippen LogP contribution in [0.25, 0.3) is 0 Å². The number of carbonyl (C=O) groups excluding carboxylic acids is 1. The molecular weight excluding hydrogens is 352 g/mol. The molecule has 2 heterocycles. The van der Waals surface area contributed by atoms with Gasteiger partial charge in [-0.15, -0.1) is 0 Å². The third kappa shape index (κ3) is 5.41. The molecule has 1 amide bonds. The minimum absolute atomic E-state index is 0.145. The second kappa shape index (κ2) is 8.96. The van der Waals surface area contributed by atoms with Gasteiger partial charge in [0.05, 0.1) is 12.4 Å². The largest absolute Gasteiger partial charge is 0.463 e. The molecule has 0 bridgehead atoms. The first kappa shape index (κ1) is 18.6. The summed E-state index contributed by atoms with van der Waals surface area (Å²) in [5.41, 5.74) is 1.32. The lowest BCUT2D eigenvalue weighted by Crippen LogP contribution is -2.47. The highest BCUT2D eigenvalue weighted by atomic mass is 35.5. The number of rotatable bonds is 6. The van der Waals surface area contributed by atoms with Crippen LogP contribution in [-0.2, 0) is 11.3 Å². The summed E-state index contributed by atoms with van der Waals surface area (Å²) < 4.78 is 5.52. The van der Waals surface area contributed by atoms with Gasteiger partial charge in [0.25, 0.3) is 5.91 Å². The van der Waals surface area contributed by atoms with Gasteiger partial charge in [-0.05, 0) is 25.3 Å². The van der Waals surface area contributed by atoms with E-state index in [4.69, 9.17) is 16.3 Å². The Hall–Kier alpha value is -2.18. The molecular formula is C19H23ClN4O2. The van der Waals surface area contributed by atoms with Gasteiger partial charge >= 0.3 is 0 Å². The van der Waals surface area contributed by atoms with Crippen LogP contribution in [0.5, 0.6) is 5.88 Å². The van der Waals surface area contributed by atoms with Gasteiger partial charge < -0.3 is 10.1 Å². The first-order valence-electron chi connectivity index (χ1n) is 8.81. The Bertz CT molecular complexity index is 720. The maximum absolute atomic E-state index is 12.3. The highest BCUT2D eigenvalue weighted by Gasteiger charge is 2.23. The predicted molar refractivity (Wildman–Crippen MR) is 100 cm³/mol. The van der Waals surface area contributed by atoms with Crippen molar-refractivity contribution in [2.24, 2.45) is 0 Å². The van der Waals surface area contributed by atoms with E-state index < -0.39 is 6.10 Å². The SMILES string of the molecule is CC(Oc1cncc(Cl)n1)C(=O)NC1CCN(Cc2ccccc2)CC1. The second-order valence-corrected chi connectivity index (χ2v) is 6.87. The third-order valence-electron chi connectivity index (χ3n) is 4.43. The number of nitrogens with zero attached hydrogens (tertiary/aromatic N) is 3. The maximum Gasteiger partial charge on any atom is 0.261 e. The van der Waals surface area contributed by atoms with Crippen molar-refractivity contribution in [1.29, 1.82) is 0 Å². The van der Waals surface area contributed by atoms with Crippen LogP contribution in [0.15, 0.2) is 42.7 Å². The number of likely N-dealkylation sites (tertiary alicyclic amines) is 1. The third-order valence-corrected chi connectivity index (χ3v) is 4.61. The average molecular weight is 375 g/mol. The van der Waals surface area contributed by atoms with E-state index in [2.05, 4.69) is 44.5 Å². The lowest BCUT2D eigenvalue weighted by atomic mass is 10.0. The number of amides is 1. The van der Waals surface area contributed by atoms with Crippen LogP contribution in [0.3, 0.4) is 0 Å². The number of hydrogen-bond donors (Lipinski definition) is 1. The topological polar surface area (TPSA) is 67.3 Å². The Morgan fingerprint density at radius 1 is 1.31 bits per heavy atom. The fourth-order valence-electron chi connectivity index (χ4n) is 3.01. The molecule has 7 heteroatoms. The van der Waals surface area contributed by atoms with Gasteiger partial charge in [0.15, 0.2) is 11.3 Å². The number of ether oxygens (including phenoxy) is 1. The molecule has 6 nitrogen and oxygen atoms in total. The van der Waals surface area contributed by atoms with E-state index in [0.717, 1.165) is 32.5 Å². The number of nitrogens with one attached hydrogen (secondary N) is 1. The normalized spacial score (nSPS) is 16.8. The molecule has 0 saturated carbocycles. The van der Waals surface area contributed by atoms with Crippen LogP contribution < -0.4 is 10.1 Å². The molecule has 138 valence electrons. The summed E-state index contributed by atoms with van der Waals surface area (Å²) in [6.07, 6.45) is 4.08. The fourth-order valence-corrected chi connectivity index (χ4v) is 3.15. The van der Waals surface area contributed by atoms with Crippen molar-refractivity contribution in [2.75, 3.05) is 13.1 Å². The van der Waals surface area contributed by atoms with Crippen LogP contribution in [-0.4, -0.2) is 46.0 Å². The van der Waals surface area contributed by atoms with Crippen molar-refractivity contribution in [3.8, 4) is 5.88 Å². The molecule has 0 spiro atoms. The summed E-state index contributed by atoms with van der Waals surface area (Å²) in [6.45, 7) is 4.58. The van der Waals surface area contributed by atoms with E-state index in [1.54, 1.807) is 6.92 Å². The molecule has 1 saturated heterocycles. The Labute approximate surface area is 158 Å². The predicted octanol–water partition coefficient (Wildman–Crippen LogP) is 2.68. The van der Waals surface area contributed by atoms with Crippen molar-refractivity contribution in [1.82, 2.24) is 20.2 Å². The van der Waals surface area contributed by atoms with Crippen molar-refractivity contribution < 1.29 is 9.53 Å². The monoisotopic (exact) mass is 374 g/mol. The van der Waals surface area contributed by atoms with E-state index >= 15 is 0 Å². The first-order chi connectivity index (χ1) is 12.6. The molecule has 26 heavy (non-hydrogen) atoms. The van der Waals surface area contributed by atoms with Gasteiger partial charge in [0, 0.05) is 25.7 Å². The quantitative estimate of drug-likeness (QED) is 0.842. The molecule has 1 N–H and O–H groups in total. The van der Waals surface area contributed by atoms with Crippen LogP contribution in [0, 0.1) is 0 Å². The molecule has 0 aliphatic carbocycles.